The lowest BCUT2D eigenvalue weighted by molar-refractivity contribution is 0.102. The van der Waals surface area contributed by atoms with Gasteiger partial charge in [-0.2, -0.15) is 5.26 Å². The van der Waals surface area contributed by atoms with E-state index in [0.29, 0.717) is 16.8 Å². The summed E-state index contributed by atoms with van der Waals surface area (Å²) in [6.45, 7) is 0. The lowest BCUT2D eigenvalue weighted by atomic mass is 10.1. The molecular weight excluding hydrogens is 372 g/mol. The highest BCUT2D eigenvalue weighted by atomic mass is 79.9. The van der Waals surface area contributed by atoms with Gasteiger partial charge in [-0.25, -0.2) is 0 Å². The van der Waals surface area contributed by atoms with Gasteiger partial charge in [0, 0.05) is 14.5 Å². The number of hydrogen-bond acceptors (Lipinski definition) is 2. The monoisotopic (exact) mass is 378 g/mol. The fourth-order valence-electron chi connectivity index (χ4n) is 1.54. The van der Waals surface area contributed by atoms with E-state index in [0.717, 1.165) is 8.95 Å². The SMILES string of the molecule is N#Cc1cc(Br)ccc1NC(=O)c1cccc(Br)c1. The summed E-state index contributed by atoms with van der Waals surface area (Å²) in [7, 11) is 0. The molecule has 0 aliphatic carbocycles. The molecule has 1 N–H and O–H groups in total. The summed E-state index contributed by atoms with van der Waals surface area (Å²) >= 11 is 6.60. The normalized spacial score (nSPS) is 9.74. The third-order valence-electron chi connectivity index (χ3n) is 2.44. The van der Waals surface area contributed by atoms with Crippen molar-refractivity contribution in [2.45, 2.75) is 0 Å². The van der Waals surface area contributed by atoms with E-state index in [-0.39, 0.29) is 5.91 Å². The number of amides is 1. The van der Waals surface area contributed by atoms with Crippen LogP contribution >= 0.6 is 31.9 Å². The van der Waals surface area contributed by atoms with Crippen molar-refractivity contribution in [1.29, 1.82) is 5.26 Å². The van der Waals surface area contributed by atoms with Gasteiger partial charge in [0.25, 0.3) is 5.91 Å². The van der Waals surface area contributed by atoms with E-state index in [1.54, 1.807) is 36.4 Å². The number of nitrogens with one attached hydrogen (secondary N) is 1. The topological polar surface area (TPSA) is 52.9 Å². The van der Waals surface area contributed by atoms with Crippen molar-refractivity contribution < 1.29 is 4.79 Å². The Bertz CT molecular complexity index is 677. The summed E-state index contributed by atoms with van der Waals surface area (Å²) in [5, 5.41) is 11.8. The van der Waals surface area contributed by atoms with Gasteiger partial charge in [-0.3, -0.25) is 4.79 Å². The van der Waals surface area contributed by atoms with Gasteiger partial charge in [-0.15, -0.1) is 0 Å². The van der Waals surface area contributed by atoms with Crippen LogP contribution in [0, 0.1) is 11.3 Å². The molecule has 0 saturated heterocycles. The lowest BCUT2D eigenvalue weighted by Crippen LogP contribution is -2.12. The highest BCUT2D eigenvalue weighted by Crippen LogP contribution is 2.21. The molecule has 0 spiro atoms. The van der Waals surface area contributed by atoms with Gasteiger partial charge in [-0.1, -0.05) is 37.9 Å². The molecule has 0 unspecified atom stereocenters. The van der Waals surface area contributed by atoms with Crippen LogP contribution in [0.4, 0.5) is 5.69 Å². The Kier molecular flexibility index (Phi) is 4.35. The first kappa shape index (κ1) is 13.8. The van der Waals surface area contributed by atoms with Crippen LogP contribution in [-0.2, 0) is 0 Å². The summed E-state index contributed by atoms with van der Waals surface area (Å²) in [4.78, 5) is 12.1. The molecule has 0 aliphatic heterocycles. The third kappa shape index (κ3) is 3.43. The molecule has 2 aromatic rings. The fourth-order valence-corrected chi connectivity index (χ4v) is 2.30. The number of carbonyl (C=O) groups is 1. The number of nitriles is 1. The summed E-state index contributed by atoms with van der Waals surface area (Å²) in [5.41, 5.74) is 1.44. The third-order valence-corrected chi connectivity index (χ3v) is 3.42. The van der Waals surface area contributed by atoms with Crippen molar-refractivity contribution in [3.05, 3.63) is 62.5 Å². The predicted octanol–water partition coefficient (Wildman–Crippen LogP) is 4.34. The van der Waals surface area contributed by atoms with Gasteiger partial charge < -0.3 is 5.32 Å². The molecule has 0 heterocycles. The van der Waals surface area contributed by atoms with Gasteiger partial charge in [0.05, 0.1) is 11.3 Å². The minimum atomic E-state index is -0.250. The maximum atomic E-state index is 12.1. The van der Waals surface area contributed by atoms with Crippen LogP contribution in [-0.4, -0.2) is 5.91 Å². The Balaban J connectivity index is 2.27. The Hall–Kier alpha value is -1.64. The molecule has 0 saturated carbocycles. The Morgan fingerprint density at radius 1 is 1.11 bits per heavy atom. The van der Waals surface area contributed by atoms with E-state index in [4.69, 9.17) is 5.26 Å². The molecular formula is C14H8Br2N2O. The number of anilines is 1. The second kappa shape index (κ2) is 6.00. The van der Waals surface area contributed by atoms with E-state index >= 15 is 0 Å². The van der Waals surface area contributed by atoms with E-state index in [1.165, 1.54) is 0 Å². The predicted molar refractivity (Wildman–Crippen MR) is 81.0 cm³/mol. The molecule has 0 fully saturated rings. The molecule has 94 valence electrons. The average molecular weight is 380 g/mol. The molecule has 5 heteroatoms. The molecule has 19 heavy (non-hydrogen) atoms. The van der Waals surface area contributed by atoms with Crippen LogP contribution in [0.1, 0.15) is 15.9 Å². The fraction of sp³-hybridized carbons (Fsp3) is 0. The quantitative estimate of drug-likeness (QED) is 0.843. The van der Waals surface area contributed by atoms with E-state index < -0.39 is 0 Å². The van der Waals surface area contributed by atoms with Crippen LogP contribution in [0.5, 0.6) is 0 Å². The van der Waals surface area contributed by atoms with Gasteiger partial charge in [0.1, 0.15) is 6.07 Å². The summed E-state index contributed by atoms with van der Waals surface area (Å²) in [6.07, 6.45) is 0. The first-order chi connectivity index (χ1) is 9.10. The van der Waals surface area contributed by atoms with Crippen LogP contribution in [0.3, 0.4) is 0 Å². The molecule has 0 aliphatic rings. The van der Waals surface area contributed by atoms with Crippen LogP contribution in [0.25, 0.3) is 0 Å². The van der Waals surface area contributed by atoms with Gasteiger partial charge in [0.15, 0.2) is 0 Å². The smallest absolute Gasteiger partial charge is 0.255 e. The number of hydrogen-bond donors (Lipinski definition) is 1. The molecule has 0 radical (unpaired) electrons. The van der Waals surface area contributed by atoms with Gasteiger partial charge in [0.2, 0.25) is 0 Å². The molecule has 3 nitrogen and oxygen atoms in total. The summed E-state index contributed by atoms with van der Waals surface area (Å²) in [5.74, 6) is -0.250. The molecule has 2 aromatic carbocycles. The maximum Gasteiger partial charge on any atom is 0.255 e. The first-order valence-electron chi connectivity index (χ1n) is 5.37. The van der Waals surface area contributed by atoms with Crippen molar-refractivity contribution in [2.24, 2.45) is 0 Å². The molecule has 2 rings (SSSR count). The Morgan fingerprint density at radius 3 is 2.53 bits per heavy atom. The van der Waals surface area contributed by atoms with E-state index in [2.05, 4.69) is 43.2 Å². The largest absolute Gasteiger partial charge is 0.321 e. The molecule has 0 bridgehead atoms. The van der Waals surface area contributed by atoms with Crippen LogP contribution in [0.15, 0.2) is 51.4 Å². The summed E-state index contributed by atoms with van der Waals surface area (Å²) < 4.78 is 1.63. The minimum absolute atomic E-state index is 0.250. The van der Waals surface area contributed by atoms with Crippen molar-refractivity contribution >= 4 is 43.5 Å². The average Bonchev–Trinajstić information content (AvgIpc) is 2.40. The Morgan fingerprint density at radius 2 is 1.84 bits per heavy atom. The summed E-state index contributed by atoms with van der Waals surface area (Å²) in [6, 6.07) is 14.2. The van der Waals surface area contributed by atoms with Crippen LogP contribution in [0.2, 0.25) is 0 Å². The van der Waals surface area contributed by atoms with Crippen molar-refractivity contribution in [3.63, 3.8) is 0 Å². The van der Waals surface area contributed by atoms with Gasteiger partial charge in [-0.05, 0) is 36.4 Å². The van der Waals surface area contributed by atoms with Crippen molar-refractivity contribution in [2.75, 3.05) is 5.32 Å². The van der Waals surface area contributed by atoms with Crippen molar-refractivity contribution in [3.8, 4) is 6.07 Å². The van der Waals surface area contributed by atoms with Crippen LogP contribution < -0.4 is 5.32 Å². The second-order valence-corrected chi connectivity index (χ2v) is 5.60. The zero-order valence-corrected chi connectivity index (χ0v) is 12.8. The van der Waals surface area contributed by atoms with Gasteiger partial charge >= 0.3 is 0 Å². The molecule has 1 amide bonds. The molecule has 0 atom stereocenters. The van der Waals surface area contributed by atoms with E-state index in [9.17, 15) is 4.79 Å². The standard InChI is InChI=1S/C14H8Br2N2O/c15-11-3-1-2-9(6-11)14(19)18-13-5-4-12(16)7-10(13)8-17/h1-7H,(H,18,19). The lowest BCUT2D eigenvalue weighted by Gasteiger charge is -2.07. The highest BCUT2D eigenvalue weighted by Gasteiger charge is 2.09. The van der Waals surface area contributed by atoms with E-state index in [1.807, 2.05) is 6.07 Å². The molecule has 0 aromatic heterocycles. The highest BCUT2D eigenvalue weighted by molar-refractivity contribution is 9.10. The number of nitrogens with zero attached hydrogens (tertiary/aromatic N) is 1. The zero-order valence-electron chi connectivity index (χ0n) is 9.65. The number of benzene rings is 2. The Labute approximate surface area is 127 Å². The first-order valence-corrected chi connectivity index (χ1v) is 6.95. The zero-order chi connectivity index (χ0) is 13.8. The number of rotatable bonds is 2. The number of halogens is 2. The minimum Gasteiger partial charge on any atom is -0.321 e. The number of carbonyl (C=O) groups excluding carboxylic acids is 1. The maximum absolute atomic E-state index is 12.1. The second-order valence-electron chi connectivity index (χ2n) is 3.77. The van der Waals surface area contributed by atoms with Crippen molar-refractivity contribution in [1.82, 2.24) is 0 Å².